The molecule has 2 heterocycles. The van der Waals surface area contributed by atoms with E-state index in [2.05, 4.69) is 15.0 Å². The van der Waals surface area contributed by atoms with E-state index < -0.39 is 0 Å². The van der Waals surface area contributed by atoms with Gasteiger partial charge in [0, 0.05) is 6.20 Å². The Kier molecular flexibility index (Phi) is 1.14. The van der Waals surface area contributed by atoms with Gasteiger partial charge in [0.25, 0.3) is 0 Å². The molecule has 0 bridgehead atoms. The fraction of sp³-hybridized carbons (Fsp3) is 0. The van der Waals surface area contributed by atoms with Crippen molar-refractivity contribution in [2.75, 3.05) is 0 Å². The molecule has 0 saturated heterocycles. The summed E-state index contributed by atoms with van der Waals surface area (Å²) in [5.41, 5.74) is 1.07. The van der Waals surface area contributed by atoms with Gasteiger partial charge in [0.15, 0.2) is 17.2 Å². The fourth-order valence-corrected chi connectivity index (χ4v) is 1.39. The molecule has 1 aliphatic carbocycles. The van der Waals surface area contributed by atoms with Crippen molar-refractivity contribution in [3.63, 3.8) is 0 Å². The van der Waals surface area contributed by atoms with Crippen molar-refractivity contribution in [2.45, 2.75) is 0 Å². The number of hydrogen-bond acceptors (Lipinski definition) is 5. The van der Waals surface area contributed by atoms with Crippen LogP contribution in [0.15, 0.2) is 18.3 Å². The summed E-state index contributed by atoms with van der Waals surface area (Å²) in [6, 6.07) is 3.49. The largest absolute Gasteiger partial charge is 0.503 e. The first-order chi connectivity index (χ1) is 6.77. The quantitative estimate of drug-likeness (QED) is 0.574. The monoisotopic (exact) mass is 187 g/mol. The third kappa shape index (κ3) is 0.711. The van der Waals surface area contributed by atoms with Gasteiger partial charge in [0.05, 0.1) is 0 Å². The Morgan fingerprint density at radius 2 is 1.71 bits per heavy atom. The van der Waals surface area contributed by atoms with Gasteiger partial charge in [-0.05, 0) is 12.1 Å². The number of rotatable bonds is 0. The summed E-state index contributed by atoms with van der Waals surface area (Å²) in [7, 11) is 0. The van der Waals surface area contributed by atoms with E-state index in [0.717, 1.165) is 0 Å². The lowest BCUT2D eigenvalue weighted by atomic mass is 10.2. The molecule has 2 aromatic heterocycles. The van der Waals surface area contributed by atoms with E-state index in [1.165, 1.54) is 0 Å². The predicted octanol–water partition coefficient (Wildman–Crippen LogP) is -0.629. The maximum atomic E-state index is 9.23. The van der Waals surface area contributed by atoms with Gasteiger partial charge in [-0.2, -0.15) is 0 Å². The lowest BCUT2D eigenvalue weighted by Gasteiger charge is -2.07. The van der Waals surface area contributed by atoms with E-state index >= 15 is 0 Å². The SMILES string of the molecule is OC1=c2nc3cccnc3nc2=C1O. The molecule has 0 spiro atoms. The van der Waals surface area contributed by atoms with Gasteiger partial charge in [0.2, 0.25) is 0 Å². The second kappa shape index (κ2) is 2.20. The highest BCUT2D eigenvalue weighted by Crippen LogP contribution is 2.06. The summed E-state index contributed by atoms with van der Waals surface area (Å²) in [4.78, 5) is 12.1. The number of aromatic nitrogens is 3. The van der Waals surface area contributed by atoms with Crippen molar-refractivity contribution in [3.05, 3.63) is 29.0 Å². The van der Waals surface area contributed by atoms with Gasteiger partial charge in [-0.3, -0.25) is 0 Å². The normalized spacial score (nSPS) is 14.0. The number of pyridine rings is 1. The summed E-state index contributed by atoms with van der Waals surface area (Å²) in [6.07, 6.45) is 1.60. The highest BCUT2D eigenvalue weighted by Gasteiger charge is 2.18. The maximum absolute atomic E-state index is 9.23. The van der Waals surface area contributed by atoms with Crippen molar-refractivity contribution >= 4 is 22.7 Å². The molecule has 0 fully saturated rings. The van der Waals surface area contributed by atoms with E-state index in [1.807, 2.05) is 0 Å². The average molecular weight is 187 g/mol. The lowest BCUT2D eigenvalue weighted by Crippen LogP contribution is -2.43. The van der Waals surface area contributed by atoms with E-state index in [-0.39, 0.29) is 11.5 Å². The molecule has 5 nitrogen and oxygen atoms in total. The van der Waals surface area contributed by atoms with Crippen LogP contribution in [0.1, 0.15) is 0 Å². The zero-order chi connectivity index (χ0) is 9.71. The molecule has 0 saturated carbocycles. The van der Waals surface area contributed by atoms with Crippen LogP contribution in [-0.2, 0) is 0 Å². The van der Waals surface area contributed by atoms with Gasteiger partial charge >= 0.3 is 0 Å². The highest BCUT2D eigenvalue weighted by molar-refractivity contribution is 5.83. The molecule has 0 radical (unpaired) electrons. The van der Waals surface area contributed by atoms with Crippen LogP contribution in [-0.4, -0.2) is 25.2 Å². The molecule has 0 atom stereocenters. The van der Waals surface area contributed by atoms with Crippen LogP contribution in [0.4, 0.5) is 0 Å². The molecule has 1 aliphatic rings. The van der Waals surface area contributed by atoms with Crippen molar-refractivity contribution in [2.24, 2.45) is 0 Å². The van der Waals surface area contributed by atoms with Crippen LogP contribution in [0.25, 0.3) is 22.7 Å². The molecular weight excluding hydrogens is 182 g/mol. The molecule has 0 unspecified atom stereocenters. The summed E-state index contributed by atoms with van der Waals surface area (Å²) in [6.45, 7) is 0. The Morgan fingerprint density at radius 3 is 2.50 bits per heavy atom. The van der Waals surface area contributed by atoms with Gasteiger partial charge in [-0.1, -0.05) is 0 Å². The molecule has 0 aliphatic heterocycles. The van der Waals surface area contributed by atoms with Crippen molar-refractivity contribution in [3.8, 4) is 0 Å². The number of nitrogens with zero attached hydrogens (tertiary/aromatic N) is 3. The van der Waals surface area contributed by atoms with Crippen molar-refractivity contribution < 1.29 is 10.2 Å². The van der Waals surface area contributed by atoms with Crippen LogP contribution < -0.4 is 10.7 Å². The first-order valence-electron chi connectivity index (χ1n) is 4.03. The van der Waals surface area contributed by atoms with E-state index in [1.54, 1.807) is 18.3 Å². The van der Waals surface area contributed by atoms with Gasteiger partial charge in [0.1, 0.15) is 16.2 Å². The second-order valence-electron chi connectivity index (χ2n) is 2.96. The number of fused-ring (bicyclic) bond motifs is 2. The van der Waals surface area contributed by atoms with Crippen LogP contribution in [0, 0.1) is 0 Å². The molecule has 0 amide bonds. The summed E-state index contributed by atoms with van der Waals surface area (Å²) in [5, 5.41) is 19.1. The third-order valence-electron chi connectivity index (χ3n) is 2.11. The van der Waals surface area contributed by atoms with E-state index in [0.29, 0.717) is 21.9 Å². The van der Waals surface area contributed by atoms with E-state index in [9.17, 15) is 10.2 Å². The first kappa shape index (κ1) is 7.25. The van der Waals surface area contributed by atoms with Gasteiger partial charge in [-0.25, -0.2) is 15.0 Å². The Hall–Kier alpha value is -2.17. The van der Waals surface area contributed by atoms with E-state index in [4.69, 9.17) is 0 Å². The summed E-state index contributed by atoms with van der Waals surface area (Å²) < 4.78 is 0. The molecule has 3 rings (SSSR count). The predicted molar refractivity (Wildman–Crippen MR) is 48.7 cm³/mol. The Labute approximate surface area is 77.7 Å². The van der Waals surface area contributed by atoms with Crippen LogP contribution >= 0.6 is 0 Å². The minimum atomic E-state index is -0.208. The topological polar surface area (TPSA) is 79.1 Å². The third-order valence-corrected chi connectivity index (χ3v) is 2.11. The minimum Gasteiger partial charge on any atom is -0.503 e. The smallest absolute Gasteiger partial charge is 0.188 e. The van der Waals surface area contributed by atoms with Crippen molar-refractivity contribution in [1.29, 1.82) is 0 Å². The first-order valence-corrected chi connectivity index (χ1v) is 4.03. The Balaban J connectivity index is 2.56. The Bertz CT molecular complexity index is 605. The van der Waals surface area contributed by atoms with Crippen molar-refractivity contribution in [1.82, 2.24) is 15.0 Å². The Morgan fingerprint density at radius 1 is 1.00 bits per heavy atom. The van der Waals surface area contributed by atoms with Crippen LogP contribution in [0.3, 0.4) is 0 Å². The number of hydrogen-bond donors (Lipinski definition) is 2. The van der Waals surface area contributed by atoms with Gasteiger partial charge in [-0.15, -0.1) is 0 Å². The molecule has 14 heavy (non-hydrogen) atoms. The molecule has 0 aromatic carbocycles. The molecular formula is C9H5N3O2. The zero-order valence-corrected chi connectivity index (χ0v) is 6.97. The second-order valence-corrected chi connectivity index (χ2v) is 2.96. The summed E-state index contributed by atoms with van der Waals surface area (Å²) >= 11 is 0. The summed E-state index contributed by atoms with van der Waals surface area (Å²) in [5.74, 6) is -0.404. The minimum absolute atomic E-state index is 0.196. The number of aliphatic hydroxyl groups excluding tert-OH is 2. The molecule has 68 valence electrons. The zero-order valence-electron chi connectivity index (χ0n) is 6.97. The average Bonchev–Trinajstić information content (AvgIpc) is 2.26. The fourth-order valence-electron chi connectivity index (χ4n) is 1.39. The van der Waals surface area contributed by atoms with Gasteiger partial charge < -0.3 is 10.2 Å². The standard InChI is InChI=1S/C9H5N3O2/c13-7-5-6(8(7)14)12-9-4(11-5)2-1-3-10-9/h1-3,13-14H. The molecule has 2 N–H and O–H groups in total. The van der Waals surface area contributed by atoms with Crippen LogP contribution in [0.2, 0.25) is 0 Å². The van der Waals surface area contributed by atoms with Crippen LogP contribution in [0.5, 0.6) is 0 Å². The highest BCUT2D eigenvalue weighted by atomic mass is 16.3. The molecule has 5 heteroatoms. The number of aliphatic hydroxyl groups is 2. The maximum Gasteiger partial charge on any atom is 0.188 e. The lowest BCUT2D eigenvalue weighted by molar-refractivity contribution is 0.429. The molecule has 2 aromatic rings.